The highest BCUT2D eigenvalue weighted by Gasteiger charge is 2.31. The van der Waals surface area contributed by atoms with E-state index in [1.807, 2.05) is 0 Å². The van der Waals surface area contributed by atoms with Crippen molar-refractivity contribution >= 4 is 41.5 Å². The van der Waals surface area contributed by atoms with Crippen LogP contribution in [0.25, 0.3) is 0 Å². The van der Waals surface area contributed by atoms with E-state index in [0.29, 0.717) is 6.42 Å². The number of rotatable bonds is 19. The van der Waals surface area contributed by atoms with E-state index in [2.05, 4.69) is 25.9 Å². The van der Waals surface area contributed by atoms with E-state index in [1.165, 1.54) is 0 Å². The van der Waals surface area contributed by atoms with E-state index in [-0.39, 0.29) is 57.1 Å². The van der Waals surface area contributed by atoms with Gasteiger partial charge >= 0.3 is 5.97 Å². The van der Waals surface area contributed by atoms with Gasteiger partial charge in [0.05, 0.1) is 6.04 Å². The Labute approximate surface area is 226 Å². The number of carboxylic acid groups (broad SMARTS) is 1. The highest BCUT2D eigenvalue weighted by molar-refractivity contribution is 5.94. The number of guanidine groups is 2. The van der Waals surface area contributed by atoms with Crippen LogP contribution in [-0.4, -0.2) is 83.9 Å². The SMILES string of the molecule is CC(C)C(NC(=O)C(CCC(N)=O)NC(=O)C(CCCN=C(N)N)NC(=O)C(N)CCCN=C(N)N)C(=O)O. The zero-order valence-corrected chi connectivity index (χ0v) is 22.4. The number of nitrogens with two attached hydrogens (primary N) is 6. The van der Waals surface area contributed by atoms with Gasteiger partial charge in [0.15, 0.2) is 11.9 Å². The average molecular weight is 558 g/mol. The number of nitrogens with zero attached hydrogens (tertiary/aromatic N) is 2. The van der Waals surface area contributed by atoms with Crippen LogP contribution in [0.2, 0.25) is 0 Å². The Kier molecular flexibility index (Phi) is 16.2. The number of primary amides is 1. The first-order valence-electron chi connectivity index (χ1n) is 12.4. The zero-order chi connectivity index (χ0) is 30.1. The molecule has 0 aliphatic carbocycles. The summed E-state index contributed by atoms with van der Waals surface area (Å²) in [5, 5.41) is 16.8. The first-order valence-corrected chi connectivity index (χ1v) is 12.4. The van der Waals surface area contributed by atoms with E-state index >= 15 is 0 Å². The molecule has 4 atom stereocenters. The van der Waals surface area contributed by atoms with Gasteiger partial charge in [-0.3, -0.25) is 29.2 Å². The van der Waals surface area contributed by atoms with E-state index in [0.717, 1.165) is 0 Å². The molecule has 222 valence electrons. The predicted octanol–water partition coefficient (Wildman–Crippen LogP) is -4.12. The zero-order valence-electron chi connectivity index (χ0n) is 22.4. The molecule has 39 heavy (non-hydrogen) atoms. The number of aliphatic carboxylic acids is 1. The molecule has 0 spiro atoms. The Balaban J connectivity index is 5.63. The Morgan fingerprint density at radius 3 is 1.64 bits per heavy atom. The van der Waals surface area contributed by atoms with Gasteiger partial charge in [0.1, 0.15) is 18.1 Å². The molecule has 0 aromatic rings. The summed E-state index contributed by atoms with van der Waals surface area (Å²) in [6.07, 6.45) is 0.520. The maximum absolute atomic E-state index is 13.2. The van der Waals surface area contributed by atoms with Crippen molar-refractivity contribution in [2.45, 2.75) is 76.5 Å². The molecule has 0 aromatic heterocycles. The minimum Gasteiger partial charge on any atom is -0.480 e. The molecule has 4 unspecified atom stereocenters. The molecule has 0 saturated carbocycles. The summed E-state index contributed by atoms with van der Waals surface area (Å²) < 4.78 is 0. The molecule has 0 radical (unpaired) electrons. The van der Waals surface area contributed by atoms with Crippen LogP contribution < -0.4 is 50.4 Å². The van der Waals surface area contributed by atoms with Gasteiger partial charge in [0.2, 0.25) is 23.6 Å². The number of amides is 4. The quantitative estimate of drug-likeness (QED) is 0.0413. The lowest BCUT2D eigenvalue weighted by Crippen LogP contribution is -2.57. The van der Waals surface area contributed by atoms with Crippen LogP contribution in [0.15, 0.2) is 9.98 Å². The number of carboxylic acids is 1. The van der Waals surface area contributed by atoms with Gasteiger partial charge in [-0.1, -0.05) is 13.8 Å². The van der Waals surface area contributed by atoms with Crippen molar-refractivity contribution in [2.24, 2.45) is 50.3 Å². The summed E-state index contributed by atoms with van der Waals surface area (Å²) in [5.74, 6) is -4.92. The van der Waals surface area contributed by atoms with Gasteiger partial charge in [-0.2, -0.15) is 0 Å². The molecule has 0 aliphatic rings. The van der Waals surface area contributed by atoms with E-state index in [4.69, 9.17) is 34.4 Å². The second-order valence-electron chi connectivity index (χ2n) is 9.20. The summed E-state index contributed by atoms with van der Waals surface area (Å²) in [6.45, 7) is 3.61. The minimum absolute atomic E-state index is 0.0724. The Morgan fingerprint density at radius 2 is 1.18 bits per heavy atom. The van der Waals surface area contributed by atoms with Crippen LogP contribution in [0.1, 0.15) is 52.4 Å². The maximum Gasteiger partial charge on any atom is 0.326 e. The van der Waals surface area contributed by atoms with Gasteiger partial charge in [-0.15, -0.1) is 0 Å². The van der Waals surface area contributed by atoms with Crippen LogP contribution in [-0.2, 0) is 24.0 Å². The van der Waals surface area contributed by atoms with Crippen molar-refractivity contribution in [2.75, 3.05) is 13.1 Å². The molecule has 0 heterocycles. The molecule has 0 fully saturated rings. The number of nitrogens with one attached hydrogen (secondary N) is 3. The Hall–Kier alpha value is -4.15. The minimum atomic E-state index is -1.31. The fourth-order valence-corrected chi connectivity index (χ4v) is 3.30. The normalized spacial score (nSPS) is 13.7. The fraction of sp³-hybridized carbons (Fsp3) is 0.682. The predicted molar refractivity (Wildman–Crippen MR) is 144 cm³/mol. The summed E-state index contributed by atoms with van der Waals surface area (Å²) >= 11 is 0. The third-order valence-electron chi connectivity index (χ3n) is 5.43. The molecule has 16 N–H and O–H groups in total. The van der Waals surface area contributed by atoms with Crippen LogP contribution in [0.4, 0.5) is 0 Å². The van der Waals surface area contributed by atoms with Crippen LogP contribution in [0.5, 0.6) is 0 Å². The lowest BCUT2D eigenvalue weighted by Gasteiger charge is -2.26. The second kappa shape index (κ2) is 18.2. The Morgan fingerprint density at radius 1 is 0.718 bits per heavy atom. The lowest BCUT2D eigenvalue weighted by atomic mass is 10.0. The summed E-state index contributed by atoms with van der Waals surface area (Å²) in [4.78, 5) is 69.2. The average Bonchev–Trinajstić information content (AvgIpc) is 2.83. The van der Waals surface area contributed by atoms with Crippen LogP contribution >= 0.6 is 0 Å². The number of hydrogen-bond donors (Lipinski definition) is 10. The number of aliphatic imine (C=N–C) groups is 2. The number of carbonyl (C=O) groups is 5. The molecule has 0 rings (SSSR count). The Bertz CT molecular complexity index is 901. The second-order valence-corrected chi connectivity index (χ2v) is 9.20. The molecule has 0 aromatic carbocycles. The van der Waals surface area contributed by atoms with E-state index in [9.17, 15) is 29.1 Å². The molecule has 17 nitrogen and oxygen atoms in total. The summed E-state index contributed by atoms with van der Waals surface area (Å²) in [6, 6.07) is -4.68. The van der Waals surface area contributed by atoms with Crippen molar-refractivity contribution in [3.05, 3.63) is 0 Å². The first kappa shape index (κ1) is 34.9. The molecule has 0 aliphatic heterocycles. The number of hydrogen-bond acceptors (Lipinski definition) is 8. The maximum atomic E-state index is 13.2. The molecule has 4 amide bonds. The first-order chi connectivity index (χ1) is 18.1. The topological polar surface area (TPSA) is 323 Å². The third-order valence-corrected chi connectivity index (χ3v) is 5.43. The van der Waals surface area contributed by atoms with Crippen molar-refractivity contribution in [1.29, 1.82) is 0 Å². The van der Waals surface area contributed by atoms with Gasteiger partial charge in [0.25, 0.3) is 0 Å². The standard InChI is InChI=1S/C22H43N11O6/c1-11(2)16(20(38)39)33-19(37)14(7-8-15(24)34)32-18(36)13(6-4-10-30-22(27)28)31-17(35)12(23)5-3-9-29-21(25)26/h11-14,16H,3-10,23H2,1-2H3,(H2,24,34)(H,31,35)(H,32,36)(H,33,37)(H,38,39)(H4,25,26,29)(H4,27,28,30). The van der Waals surface area contributed by atoms with E-state index in [1.54, 1.807) is 13.8 Å². The molecule has 0 bridgehead atoms. The monoisotopic (exact) mass is 557 g/mol. The summed E-state index contributed by atoms with van der Waals surface area (Å²) in [5.41, 5.74) is 32.3. The van der Waals surface area contributed by atoms with Crippen molar-refractivity contribution < 1.29 is 29.1 Å². The third kappa shape index (κ3) is 15.6. The van der Waals surface area contributed by atoms with Gasteiger partial charge in [-0.25, -0.2) is 4.79 Å². The van der Waals surface area contributed by atoms with Crippen LogP contribution in [0.3, 0.4) is 0 Å². The highest BCUT2D eigenvalue weighted by Crippen LogP contribution is 2.07. The smallest absolute Gasteiger partial charge is 0.326 e. The largest absolute Gasteiger partial charge is 0.480 e. The molecule has 17 heteroatoms. The lowest BCUT2D eigenvalue weighted by molar-refractivity contribution is -0.143. The van der Waals surface area contributed by atoms with Crippen molar-refractivity contribution in [1.82, 2.24) is 16.0 Å². The van der Waals surface area contributed by atoms with Crippen molar-refractivity contribution in [3.8, 4) is 0 Å². The van der Waals surface area contributed by atoms with E-state index < -0.39 is 59.7 Å². The van der Waals surface area contributed by atoms with Gasteiger partial charge in [0, 0.05) is 19.5 Å². The summed E-state index contributed by atoms with van der Waals surface area (Å²) in [7, 11) is 0. The fourth-order valence-electron chi connectivity index (χ4n) is 3.30. The molecule has 0 saturated heterocycles. The van der Waals surface area contributed by atoms with Gasteiger partial charge in [-0.05, 0) is 38.0 Å². The van der Waals surface area contributed by atoms with Crippen molar-refractivity contribution in [3.63, 3.8) is 0 Å². The highest BCUT2D eigenvalue weighted by atomic mass is 16.4. The molecular weight excluding hydrogens is 514 g/mol. The van der Waals surface area contributed by atoms with Crippen LogP contribution in [0, 0.1) is 5.92 Å². The van der Waals surface area contributed by atoms with Gasteiger partial charge < -0.3 is 55.5 Å². The number of carbonyl (C=O) groups excluding carboxylic acids is 4. The molecular formula is C22H43N11O6.